The summed E-state index contributed by atoms with van der Waals surface area (Å²) >= 11 is 0. The van der Waals surface area contributed by atoms with Gasteiger partial charge < -0.3 is 13.9 Å². The van der Waals surface area contributed by atoms with Crippen LogP contribution in [0, 0.1) is 0 Å². The molecule has 26 heavy (non-hydrogen) atoms. The molecule has 4 rings (SSSR count). The first-order chi connectivity index (χ1) is 12.7. The third-order valence-corrected chi connectivity index (χ3v) is 4.68. The number of fused-ring (bicyclic) bond motifs is 3. The summed E-state index contributed by atoms with van der Waals surface area (Å²) in [5.74, 6) is 0.143. The SMILES string of the molecule is CCO[C@H]1C[C@H](c2ccccc2C=O)c2c(c3ccccc3oc2=O)O1. The van der Waals surface area contributed by atoms with Crippen molar-refractivity contribution in [3.8, 4) is 5.75 Å². The van der Waals surface area contributed by atoms with Crippen LogP contribution < -0.4 is 10.4 Å². The van der Waals surface area contributed by atoms with E-state index in [4.69, 9.17) is 13.9 Å². The number of hydrogen-bond acceptors (Lipinski definition) is 5. The number of rotatable bonds is 4. The molecule has 0 radical (unpaired) electrons. The van der Waals surface area contributed by atoms with Gasteiger partial charge in [-0.3, -0.25) is 4.79 Å². The highest BCUT2D eigenvalue weighted by atomic mass is 16.7. The molecule has 0 fully saturated rings. The maximum absolute atomic E-state index is 12.7. The molecule has 3 aromatic rings. The Balaban J connectivity index is 1.98. The summed E-state index contributed by atoms with van der Waals surface area (Å²) in [6.45, 7) is 2.38. The summed E-state index contributed by atoms with van der Waals surface area (Å²) in [4.78, 5) is 24.3. The summed E-state index contributed by atoms with van der Waals surface area (Å²) in [5.41, 5.74) is 1.79. The minimum absolute atomic E-state index is 0.336. The summed E-state index contributed by atoms with van der Waals surface area (Å²) in [6, 6.07) is 14.5. The van der Waals surface area contributed by atoms with E-state index >= 15 is 0 Å². The molecule has 0 unspecified atom stereocenters. The van der Waals surface area contributed by atoms with E-state index in [1.807, 2.05) is 31.2 Å². The van der Waals surface area contributed by atoms with E-state index < -0.39 is 11.9 Å². The first kappa shape index (κ1) is 16.5. The lowest BCUT2D eigenvalue weighted by Crippen LogP contribution is -2.32. The molecule has 0 saturated carbocycles. The van der Waals surface area contributed by atoms with Crippen molar-refractivity contribution < 1.29 is 18.7 Å². The largest absolute Gasteiger partial charge is 0.464 e. The van der Waals surface area contributed by atoms with Crippen molar-refractivity contribution >= 4 is 17.3 Å². The van der Waals surface area contributed by atoms with Gasteiger partial charge in [-0.1, -0.05) is 36.4 Å². The molecule has 0 bridgehead atoms. The van der Waals surface area contributed by atoms with Crippen LogP contribution >= 0.6 is 0 Å². The first-order valence-corrected chi connectivity index (χ1v) is 8.61. The second kappa shape index (κ2) is 6.77. The Morgan fingerprint density at radius 3 is 2.73 bits per heavy atom. The smallest absolute Gasteiger partial charge is 0.343 e. The zero-order valence-corrected chi connectivity index (χ0v) is 14.3. The molecule has 1 aliphatic rings. The topological polar surface area (TPSA) is 65.7 Å². The van der Waals surface area contributed by atoms with Gasteiger partial charge >= 0.3 is 5.63 Å². The molecule has 0 saturated heterocycles. The van der Waals surface area contributed by atoms with Gasteiger partial charge in [0.25, 0.3) is 0 Å². The zero-order valence-electron chi connectivity index (χ0n) is 14.3. The van der Waals surface area contributed by atoms with Crippen LogP contribution in [0.5, 0.6) is 5.75 Å². The summed E-state index contributed by atoms with van der Waals surface area (Å²) in [7, 11) is 0. The summed E-state index contributed by atoms with van der Waals surface area (Å²) in [5, 5.41) is 0.722. The highest BCUT2D eigenvalue weighted by Crippen LogP contribution is 2.43. The number of carbonyl (C=O) groups is 1. The third-order valence-electron chi connectivity index (χ3n) is 4.68. The van der Waals surface area contributed by atoms with Crippen LogP contribution in [0.15, 0.2) is 57.7 Å². The van der Waals surface area contributed by atoms with E-state index in [0.29, 0.717) is 35.5 Å². The van der Waals surface area contributed by atoms with Gasteiger partial charge in [0.05, 0.1) is 10.9 Å². The van der Waals surface area contributed by atoms with Crippen molar-refractivity contribution in [2.24, 2.45) is 0 Å². The number of ether oxygens (including phenoxy) is 2. The number of carbonyl (C=O) groups excluding carboxylic acids is 1. The van der Waals surface area contributed by atoms with Crippen LogP contribution in [0.3, 0.4) is 0 Å². The second-order valence-corrected chi connectivity index (χ2v) is 6.17. The van der Waals surface area contributed by atoms with E-state index in [2.05, 4.69) is 0 Å². The molecular weight excluding hydrogens is 332 g/mol. The van der Waals surface area contributed by atoms with Gasteiger partial charge in [0.1, 0.15) is 17.6 Å². The average Bonchev–Trinajstić information content (AvgIpc) is 2.67. The van der Waals surface area contributed by atoms with Crippen LogP contribution in [-0.2, 0) is 4.74 Å². The first-order valence-electron chi connectivity index (χ1n) is 8.61. The zero-order chi connectivity index (χ0) is 18.1. The molecule has 2 heterocycles. The van der Waals surface area contributed by atoms with Crippen LogP contribution in [0.2, 0.25) is 0 Å². The highest BCUT2D eigenvalue weighted by Gasteiger charge is 2.35. The van der Waals surface area contributed by atoms with Gasteiger partial charge in [0.15, 0.2) is 0 Å². The van der Waals surface area contributed by atoms with Crippen molar-refractivity contribution in [1.82, 2.24) is 0 Å². The molecule has 0 amide bonds. The number of benzene rings is 2. The van der Waals surface area contributed by atoms with Crippen LogP contribution in [0.25, 0.3) is 11.0 Å². The van der Waals surface area contributed by atoms with Crippen molar-refractivity contribution in [2.75, 3.05) is 6.61 Å². The maximum atomic E-state index is 12.7. The van der Waals surface area contributed by atoms with Crippen LogP contribution in [-0.4, -0.2) is 19.2 Å². The predicted octanol–water partition coefficient (Wildman–Crippen LogP) is 3.88. The molecule has 5 heteroatoms. The molecule has 2 aromatic carbocycles. The van der Waals surface area contributed by atoms with Gasteiger partial charge in [-0.05, 0) is 24.6 Å². The lowest BCUT2D eigenvalue weighted by Gasteiger charge is -2.32. The summed E-state index contributed by atoms with van der Waals surface area (Å²) < 4.78 is 17.2. The third kappa shape index (κ3) is 2.70. The van der Waals surface area contributed by atoms with Gasteiger partial charge in [0, 0.05) is 24.5 Å². The Labute approximate surface area is 150 Å². The van der Waals surface area contributed by atoms with E-state index in [1.54, 1.807) is 24.3 Å². The van der Waals surface area contributed by atoms with Crippen LogP contribution in [0.4, 0.5) is 0 Å². The van der Waals surface area contributed by atoms with Crippen molar-refractivity contribution in [3.63, 3.8) is 0 Å². The van der Waals surface area contributed by atoms with Crippen molar-refractivity contribution in [2.45, 2.75) is 25.6 Å². The van der Waals surface area contributed by atoms with E-state index in [1.165, 1.54) is 0 Å². The van der Waals surface area contributed by atoms with Crippen LogP contribution in [0.1, 0.15) is 40.7 Å². The Morgan fingerprint density at radius 2 is 1.92 bits per heavy atom. The lowest BCUT2D eigenvalue weighted by atomic mass is 9.84. The van der Waals surface area contributed by atoms with Gasteiger partial charge in [-0.25, -0.2) is 4.79 Å². The average molecular weight is 350 g/mol. The maximum Gasteiger partial charge on any atom is 0.343 e. The molecule has 2 atom stereocenters. The van der Waals surface area contributed by atoms with E-state index in [9.17, 15) is 9.59 Å². The van der Waals surface area contributed by atoms with Gasteiger partial charge in [0.2, 0.25) is 6.29 Å². The van der Waals surface area contributed by atoms with E-state index in [0.717, 1.165) is 17.2 Å². The summed E-state index contributed by atoms with van der Waals surface area (Å²) in [6.07, 6.45) is 0.750. The highest BCUT2D eigenvalue weighted by molar-refractivity contribution is 5.85. The Kier molecular flexibility index (Phi) is 4.31. The Morgan fingerprint density at radius 1 is 1.15 bits per heavy atom. The fraction of sp³-hybridized carbons (Fsp3) is 0.238. The molecule has 1 aromatic heterocycles. The number of para-hydroxylation sites is 1. The monoisotopic (exact) mass is 350 g/mol. The van der Waals surface area contributed by atoms with Gasteiger partial charge in [-0.15, -0.1) is 0 Å². The molecule has 0 spiro atoms. The molecular formula is C21H18O5. The Hall–Kier alpha value is -2.92. The molecule has 0 aliphatic carbocycles. The molecule has 132 valence electrons. The van der Waals surface area contributed by atoms with Crippen molar-refractivity contribution in [1.29, 1.82) is 0 Å². The standard InChI is InChI=1S/C21H18O5/c1-2-24-18-11-16(14-8-4-3-7-13(14)12-22)19-20(26-18)15-9-5-6-10-17(15)25-21(19)23/h3-10,12,16,18H,2,11H2,1H3/t16-,18-/m1/s1. The molecule has 5 nitrogen and oxygen atoms in total. The predicted molar refractivity (Wildman–Crippen MR) is 96.8 cm³/mol. The number of hydrogen-bond donors (Lipinski definition) is 0. The number of aldehydes is 1. The minimum atomic E-state index is -0.498. The van der Waals surface area contributed by atoms with Gasteiger partial charge in [-0.2, -0.15) is 0 Å². The minimum Gasteiger partial charge on any atom is -0.464 e. The fourth-order valence-electron chi connectivity index (χ4n) is 3.56. The normalized spacial score (nSPS) is 19.0. The Bertz CT molecular complexity index is 1020. The molecule has 1 aliphatic heterocycles. The molecule has 0 N–H and O–H groups in total. The quantitative estimate of drug-likeness (QED) is 0.528. The van der Waals surface area contributed by atoms with E-state index in [-0.39, 0.29) is 5.92 Å². The van der Waals surface area contributed by atoms with Crippen molar-refractivity contribution in [3.05, 3.63) is 75.6 Å². The lowest BCUT2D eigenvalue weighted by molar-refractivity contribution is -0.0890. The second-order valence-electron chi connectivity index (χ2n) is 6.17. The fourth-order valence-corrected chi connectivity index (χ4v) is 3.56.